The summed E-state index contributed by atoms with van der Waals surface area (Å²) < 4.78 is 37.3. The van der Waals surface area contributed by atoms with Crippen molar-refractivity contribution < 1.29 is 13.2 Å². The Morgan fingerprint density at radius 3 is 2.78 bits per heavy atom. The lowest BCUT2D eigenvalue weighted by molar-refractivity contribution is -0.140. The average molecular weight is 269 g/mol. The molecule has 0 amide bonds. The summed E-state index contributed by atoms with van der Waals surface area (Å²) in [6, 6.07) is 5.19. The van der Waals surface area contributed by atoms with Gasteiger partial charge in [-0.25, -0.2) is 9.97 Å². The minimum atomic E-state index is -4.40. The van der Waals surface area contributed by atoms with Gasteiger partial charge in [0.25, 0.3) is 0 Å². The number of halogens is 3. The van der Waals surface area contributed by atoms with E-state index in [1.165, 1.54) is 6.33 Å². The van der Waals surface area contributed by atoms with Crippen LogP contribution in [0.15, 0.2) is 29.9 Å². The second-order valence-corrected chi connectivity index (χ2v) is 4.53. The van der Waals surface area contributed by atoms with E-state index in [0.717, 1.165) is 27.8 Å². The molecule has 0 saturated carbocycles. The number of aromatic nitrogens is 3. The zero-order chi connectivity index (χ0) is 12.8. The maximum atomic E-state index is 12.4. The van der Waals surface area contributed by atoms with Crippen LogP contribution in [-0.4, -0.2) is 15.0 Å². The third-order valence-electron chi connectivity index (χ3n) is 2.46. The van der Waals surface area contributed by atoms with Gasteiger partial charge in [-0.1, -0.05) is 0 Å². The number of nitrogens with zero attached hydrogens (tertiary/aromatic N) is 2. The molecule has 1 N–H and O–H groups in total. The van der Waals surface area contributed by atoms with Crippen LogP contribution in [0.1, 0.15) is 5.69 Å². The number of aromatic amines is 1. The fourth-order valence-corrected chi connectivity index (χ4v) is 2.43. The molecule has 0 spiro atoms. The number of hydrogen-bond acceptors (Lipinski definition) is 3. The number of thiazole rings is 1. The third kappa shape index (κ3) is 1.86. The fraction of sp³-hybridized carbons (Fsp3) is 0.0909. The van der Waals surface area contributed by atoms with Gasteiger partial charge in [-0.05, 0) is 18.2 Å². The molecular weight excluding hydrogens is 263 g/mol. The predicted octanol–water partition coefficient (Wildman–Crippen LogP) is 3.71. The first kappa shape index (κ1) is 11.2. The van der Waals surface area contributed by atoms with Gasteiger partial charge in [0, 0.05) is 10.9 Å². The molecule has 0 saturated heterocycles. The quantitative estimate of drug-likeness (QED) is 0.731. The van der Waals surface area contributed by atoms with Crippen LogP contribution in [0.4, 0.5) is 13.2 Å². The number of imidazole rings is 1. The Balaban J connectivity index is 2.06. The van der Waals surface area contributed by atoms with Gasteiger partial charge in [0.1, 0.15) is 5.01 Å². The molecule has 0 bridgehead atoms. The number of alkyl halides is 3. The summed E-state index contributed by atoms with van der Waals surface area (Å²) in [7, 11) is 0. The van der Waals surface area contributed by atoms with Gasteiger partial charge in [-0.3, -0.25) is 0 Å². The molecule has 0 aliphatic carbocycles. The fourth-order valence-electron chi connectivity index (χ4n) is 1.61. The van der Waals surface area contributed by atoms with E-state index in [1.54, 1.807) is 18.2 Å². The molecule has 3 nitrogen and oxygen atoms in total. The number of fused-ring (bicyclic) bond motifs is 1. The molecule has 0 radical (unpaired) electrons. The molecule has 7 heteroatoms. The van der Waals surface area contributed by atoms with Crippen LogP contribution < -0.4 is 0 Å². The molecule has 3 rings (SSSR count). The van der Waals surface area contributed by atoms with Gasteiger partial charge in [-0.15, -0.1) is 11.3 Å². The van der Waals surface area contributed by atoms with Gasteiger partial charge >= 0.3 is 6.18 Å². The summed E-state index contributed by atoms with van der Waals surface area (Å²) in [4.78, 5) is 10.6. The Morgan fingerprint density at radius 1 is 1.22 bits per heavy atom. The molecule has 1 aromatic carbocycles. The average Bonchev–Trinajstić information content (AvgIpc) is 2.96. The van der Waals surface area contributed by atoms with E-state index < -0.39 is 11.9 Å². The minimum absolute atomic E-state index is 0.346. The number of nitrogens with one attached hydrogen (secondary N) is 1. The Morgan fingerprint density at radius 2 is 2.06 bits per heavy atom. The zero-order valence-corrected chi connectivity index (χ0v) is 9.64. The minimum Gasteiger partial charge on any atom is -0.345 e. The number of H-pyrrole nitrogens is 1. The van der Waals surface area contributed by atoms with Crippen molar-refractivity contribution in [3.05, 3.63) is 35.6 Å². The van der Waals surface area contributed by atoms with E-state index >= 15 is 0 Å². The first-order chi connectivity index (χ1) is 8.54. The SMILES string of the molecule is FC(F)(F)c1csc(-c2ccc3nc[nH]c3c2)n1. The summed E-state index contributed by atoms with van der Waals surface area (Å²) in [6.45, 7) is 0. The van der Waals surface area contributed by atoms with Crippen molar-refractivity contribution in [1.82, 2.24) is 15.0 Å². The maximum absolute atomic E-state index is 12.4. The normalized spacial score (nSPS) is 12.2. The molecule has 18 heavy (non-hydrogen) atoms. The smallest absolute Gasteiger partial charge is 0.345 e. The molecule has 92 valence electrons. The van der Waals surface area contributed by atoms with E-state index in [-0.39, 0.29) is 0 Å². The van der Waals surface area contributed by atoms with Crippen LogP contribution in [0, 0.1) is 0 Å². The summed E-state index contributed by atoms with van der Waals surface area (Å²) in [5.41, 5.74) is 1.34. The molecule has 3 aromatic rings. The lowest BCUT2D eigenvalue weighted by atomic mass is 10.2. The van der Waals surface area contributed by atoms with Crippen molar-refractivity contribution in [2.45, 2.75) is 6.18 Å². The highest BCUT2D eigenvalue weighted by Gasteiger charge is 2.33. The Bertz CT molecular complexity index is 699. The van der Waals surface area contributed by atoms with Gasteiger partial charge in [0.05, 0.1) is 17.4 Å². The predicted molar refractivity (Wildman–Crippen MR) is 62.2 cm³/mol. The van der Waals surface area contributed by atoms with E-state index in [9.17, 15) is 13.2 Å². The molecule has 0 atom stereocenters. The Labute approximate surface area is 103 Å². The molecule has 0 aliphatic heterocycles. The van der Waals surface area contributed by atoms with Crippen LogP contribution in [0.5, 0.6) is 0 Å². The summed E-state index contributed by atoms with van der Waals surface area (Å²) in [5.74, 6) is 0. The second-order valence-electron chi connectivity index (χ2n) is 3.67. The van der Waals surface area contributed by atoms with Gasteiger partial charge in [0.2, 0.25) is 0 Å². The van der Waals surface area contributed by atoms with Crippen LogP contribution in [-0.2, 0) is 6.18 Å². The van der Waals surface area contributed by atoms with Crippen molar-refractivity contribution in [2.75, 3.05) is 0 Å². The van der Waals surface area contributed by atoms with Crippen molar-refractivity contribution in [1.29, 1.82) is 0 Å². The lowest BCUT2D eigenvalue weighted by Crippen LogP contribution is -2.04. The molecular formula is C11H6F3N3S. The van der Waals surface area contributed by atoms with Crippen LogP contribution >= 0.6 is 11.3 Å². The topological polar surface area (TPSA) is 41.6 Å². The highest BCUT2D eigenvalue weighted by molar-refractivity contribution is 7.13. The zero-order valence-electron chi connectivity index (χ0n) is 8.82. The first-order valence-corrected chi connectivity index (χ1v) is 5.88. The Hall–Kier alpha value is -1.89. The van der Waals surface area contributed by atoms with Crippen LogP contribution in [0.2, 0.25) is 0 Å². The standard InChI is InChI=1S/C11H6F3N3S/c12-11(13,14)9-4-18-10(17-9)6-1-2-7-8(3-6)16-5-15-7/h1-5H,(H,15,16). The van der Waals surface area contributed by atoms with Crippen LogP contribution in [0.3, 0.4) is 0 Å². The van der Waals surface area contributed by atoms with E-state index in [0.29, 0.717) is 10.6 Å². The molecule has 0 fully saturated rings. The summed E-state index contributed by atoms with van der Waals surface area (Å²) in [5, 5.41) is 1.37. The summed E-state index contributed by atoms with van der Waals surface area (Å²) >= 11 is 0.975. The molecule has 2 aromatic heterocycles. The second kappa shape index (κ2) is 3.81. The summed E-state index contributed by atoms with van der Waals surface area (Å²) in [6.07, 6.45) is -2.86. The van der Waals surface area contributed by atoms with Crippen molar-refractivity contribution >= 4 is 22.4 Å². The van der Waals surface area contributed by atoms with Crippen molar-refractivity contribution in [3.8, 4) is 10.6 Å². The van der Waals surface area contributed by atoms with Gasteiger partial charge in [0.15, 0.2) is 5.69 Å². The number of hydrogen-bond donors (Lipinski definition) is 1. The van der Waals surface area contributed by atoms with E-state index in [2.05, 4.69) is 15.0 Å². The monoisotopic (exact) mass is 269 g/mol. The van der Waals surface area contributed by atoms with E-state index in [4.69, 9.17) is 0 Å². The largest absolute Gasteiger partial charge is 0.434 e. The Kier molecular flexibility index (Phi) is 2.37. The lowest BCUT2D eigenvalue weighted by Gasteiger charge is -2.00. The maximum Gasteiger partial charge on any atom is 0.434 e. The first-order valence-electron chi connectivity index (χ1n) is 5.00. The highest BCUT2D eigenvalue weighted by atomic mass is 32.1. The van der Waals surface area contributed by atoms with Gasteiger partial charge in [-0.2, -0.15) is 13.2 Å². The molecule has 0 aliphatic rings. The highest BCUT2D eigenvalue weighted by Crippen LogP contribution is 2.33. The van der Waals surface area contributed by atoms with Crippen molar-refractivity contribution in [3.63, 3.8) is 0 Å². The number of benzene rings is 1. The number of rotatable bonds is 1. The van der Waals surface area contributed by atoms with Crippen LogP contribution in [0.25, 0.3) is 21.6 Å². The third-order valence-corrected chi connectivity index (χ3v) is 3.35. The van der Waals surface area contributed by atoms with Crippen molar-refractivity contribution in [2.24, 2.45) is 0 Å². The molecule has 2 heterocycles. The van der Waals surface area contributed by atoms with Gasteiger partial charge < -0.3 is 4.98 Å². The molecule has 0 unspecified atom stereocenters. The van der Waals surface area contributed by atoms with E-state index in [1.807, 2.05) is 0 Å².